The molecule has 0 aromatic rings. The van der Waals surface area contributed by atoms with Crippen LogP contribution in [0.1, 0.15) is 38.5 Å². The summed E-state index contributed by atoms with van der Waals surface area (Å²) in [5.74, 6) is 0.828. The third-order valence-corrected chi connectivity index (χ3v) is 4.76. The first-order valence-electron chi connectivity index (χ1n) is 8.37. The number of carbonyl (C=O) groups excluding carboxylic acids is 1. The fraction of sp³-hybridized carbons (Fsp3) is 0.938. The smallest absolute Gasteiger partial charge is 0.220 e. The van der Waals surface area contributed by atoms with Gasteiger partial charge in [-0.05, 0) is 51.6 Å². The molecule has 5 nitrogen and oxygen atoms in total. The molecule has 138 valence electrons. The molecule has 23 heavy (non-hydrogen) atoms. The lowest BCUT2D eigenvalue weighted by atomic mass is 9.89. The number of nitrogens with zero attached hydrogens (tertiary/aromatic N) is 1. The van der Waals surface area contributed by atoms with E-state index in [0.717, 1.165) is 32.7 Å². The molecule has 2 N–H and O–H groups in total. The van der Waals surface area contributed by atoms with Gasteiger partial charge in [-0.3, -0.25) is 4.79 Å². The van der Waals surface area contributed by atoms with Crippen molar-refractivity contribution in [1.82, 2.24) is 15.5 Å². The number of hydrogen-bond acceptors (Lipinski definition) is 4. The van der Waals surface area contributed by atoms with E-state index in [1.807, 2.05) is 0 Å². The van der Waals surface area contributed by atoms with Crippen molar-refractivity contribution in [1.29, 1.82) is 0 Å². The van der Waals surface area contributed by atoms with Crippen LogP contribution in [0.3, 0.4) is 0 Å². The molecule has 2 rings (SSSR count). The Labute approximate surface area is 153 Å². The minimum absolute atomic E-state index is 0. The van der Waals surface area contributed by atoms with E-state index >= 15 is 0 Å². The molecule has 2 bridgehead atoms. The van der Waals surface area contributed by atoms with Crippen molar-refractivity contribution >= 4 is 30.7 Å². The van der Waals surface area contributed by atoms with Crippen molar-refractivity contribution in [3.63, 3.8) is 0 Å². The maximum atomic E-state index is 12.0. The molecule has 0 saturated carbocycles. The SMILES string of the molecule is COCCN(C)CCCNC(=O)CC1CC2CCC(C1)N2.Cl.Cl. The third kappa shape index (κ3) is 8.54. The predicted molar refractivity (Wildman–Crippen MR) is 98.8 cm³/mol. The molecule has 1 amide bonds. The van der Waals surface area contributed by atoms with Crippen molar-refractivity contribution in [3.05, 3.63) is 0 Å². The second-order valence-corrected chi connectivity index (χ2v) is 6.68. The summed E-state index contributed by atoms with van der Waals surface area (Å²) in [7, 11) is 3.81. The molecule has 7 heteroatoms. The van der Waals surface area contributed by atoms with Crippen LogP contribution in [0.2, 0.25) is 0 Å². The molecule has 0 aromatic heterocycles. The average molecular weight is 370 g/mol. The number of hydrogen-bond donors (Lipinski definition) is 2. The first-order chi connectivity index (χ1) is 10.2. The predicted octanol–water partition coefficient (Wildman–Crippen LogP) is 1.84. The highest BCUT2D eigenvalue weighted by Crippen LogP contribution is 2.32. The maximum Gasteiger partial charge on any atom is 0.220 e. The molecule has 2 saturated heterocycles. The summed E-state index contributed by atoms with van der Waals surface area (Å²) in [4.78, 5) is 14.2. The fourth-order valence-corrected chi connectivity index (χ4v) is 3.61. The Hall–Kier alpha value is -0.0700. The van der Waals surface area contributed by atoms with Gasteiger partial charge in [-0.15, -0.1) is 24.8 Å². The number of fused-ring (bicyclic) bond motifs is 2. The van der Waals surface area contributed by atoms with Crippen LogP contribution in [0.5, 0.6) is 0 Å². The van der Waals surface area contributed by atoms with Gasteiger partial charge in [-0.1, -0.05) is 0 Å². The van der Waals surface area contributed by atoms with Crippen molar-refractivity contribution in [2.45, 2.75) is 50.6 Å². The van der Waals surface area contributed by atoms with Crippen LogP contribution < -0.4 is 10.6 Å². The zero-order chi connectivity index (χ0) is 15.1. The van der Waals surface area contributed by atoms with Crippen LogP contribution in [0.25, 0.3) is 0 Å². The van der Waals surface area contributed by atoms with Crippen molar-refractivity contribution in [3.8, 4) is 0 Å². The van der Waals surface area contributed by atoms with Crippen LogP contribution in [0.15, 0.2) is 0 Å². The highest BCUT2D eigenvalue weighted by Gasteiger charge is 2.33. The molecule has 2 atom stereocenters. The minimum Gasteiger partial charge on any atom is -0.383 e. The number of likely N-dealkylation sites (N-methyl/N-ethyl adjacent to an activating group) is 1. The second kappa shape index (κ2) is 12.3. The lowest BCUT2D eigenvalue weighted by Gasteiger charge is -2.28. The zero-order valence-electron chi connectivity index (χ0n) is 14.4. The van der Waals surface area contributed by atoms with E-state index in [0.29, 0.717) is 24.4 Å². The number of carbonyl (C=O) groups is 1. The topological polar surface area (TPSA) is 53.6 Å². The average Bonchev–Trinajstić information content (AvgIpc) is 2.80. The molecule has 0 radical (unpaired) electrons. The third-order valence-electron chi connectivity index (χ3n) is 4.76. The minimum atomic E-state index is 0. The zero-order valence-corrected chi connectivity index (χ0v) is 16.0. The van der Waals surface area contributed by atoms with Gasteiger partial charge >= 0.3 is 0 Å². The largest absolute Gasteiger partial charge is 0.383 e. The van der Waals surface area contributed by atoms with Gasteiger partial charge in [0.15, 0.2) is 0 Å². The number of rotatable bonds is 9. The Morgan fingerprint density at radius 1 is 1.22 bits per heavy atom. The molecule has 0 aromatic carbocycles. The molecule has 2 fully saturated rings. The Kier molecular flexibility index (Phi) is 12.3. The Bertz CT molecular complexity index is 322. The molecule has 0 spiro atoms. The summed E-state index contributed by atoms with van der Waals surface area (Å²) < 4.78 is 5.05. The number of ether oxygens (including phenoxy) is 1. The van der Waals surface area contributed by atoms with E-state index in [4.69, 9.17) is 4.74 Å². The van der Waals surface area contributed by atoms with Gasteiger partial charge in [-0.2, -0.15) is 0 Å². The number of piperidine rings is 1. The number of methoxy groups -OCH3 is 1. The Morgan fingerprint density at radius 2 is 1.87 bits per heavy atom. The van der Waals surface area contributed by atoms with Crippen LogP contribution in [0, 0.1) is 5.92 Å². The highest BCUT2D eigenvalue weighted by atomic mass is 35.5. The molecular weight excluding hydrogens is 337 g/mol. The Balaban J connectivity index is 0.00000242. The fourth-order valence-electron chi connectivity index (χ4n) is 3.61. The van der Waals surface area contributed by atoms with Gasteiger partial charge < -0.3 is 20.3 Å². The van der Waals surface area contributed by atoms with Gasteiger partial charge in [0.25, 0.3) is 0 Å². The molecule has 2 aliphatic heterocycles. The molecule has 2 heterocycles. The van der Waals surface area contributed by atoms with E-state index in [1.165, 1.54) is 25.7 Å². The molecular formula is C16H33Cl2N3O2. The van der Waals surface area contributed by atoms with E-state index in [2.05, 4.69) is 22.6 Å². The van der Waals surface area contributed by atoms with E-state index in [1.54, 1.807) is 7.11 Å². The van der Waals surface area contributed by atoms with Crippen LogP contribution >= 0.6 is 24.8 Å². The first-order valence-corrected chi connectivity index (χ1v) is 8.37. The van der Waals surface area contributed by atoms with Crippen molar-refractivity contribution in [2.75, 3.05) is 40.4 Å². The molecule has 0 aliphatic carbocycles. The van der Waals surface area contributed by atoms with Gasteiger partial charge in [-0.25, -0.2) is 0 Å². The summed E-state index contributed by atoms with van der Waals surface area (Å²) >= 11 is 0. The van der Waals surface area contributed by atoms with Crippen molar-refractivity contribution in [2.24, 2.45) is 5.92 Å². The normalized spacial score (nSPS) is 25.6. The van der Waals surface area contributed by atoms with Crippen LogP contribution in [-0.4, -0.2) is 63.3 Å². The first kappa shape index (κ1) is 22.9. The summed E-state index contributed by atoms with van der Waals surface area (Å²) in [5, 5.41) is 6.70. The van der Waals surface area contributed by atoms with Crippen molar-refractivity contribution < 1.29 is 9.53 Å². The van der Waals surface area contributed by atoms with Crippen LogP contribution in [0.4, 0.5) is 0 Å². The van der Waals surface area contributed by atoms with Gasteiger partial charge in [0.1, 0.15) is 0 Å². The van der Waals surface area contributed by atoms with E-state index in [9.17, 15) is 4.79 Å². The molecule has 2 aliphatic rings. The lowest BCUT2D eigenvalue weighted by Crippen LogP contribution is -2.40. The summed E-state index contributed by atoms with van der Waals surface area (Å²) in [6, 6.07) is 1.35. The number of halogens is 2. The highest BCUT2D eigenvalue weighted by molar-refractivity contribution is 5.85. The van der Waals surface area contributed by atoms with E-state index < -0.39 is 0 Å². The van der Waals surface area contributed by atoms with E-state index in [-0.39, 0.29) is 30.7 Å². The number of amides is 1. The monoisotopic (exact) mass is 369 g/mol. The Morgan fingerprint density at radius 3 is 2.48 bits per heavy atom. The van der Waals surface area contributed by atoms with Crippen LogP contribution in [-0.2, 0) is 9.53 Å². The number of nitrogens with one attached hydrogen (secondary N) is 2. The van der Waals surface area contributed by atoms with Gasteiger partial charge in [0.05, 0.1) is 6.61 Å². The summed E-state index contributed by atoms with van der Waals surface area (Å²) in [6.45, 7) is 3.50. The molecule has 2 unspecified atom stereocenters. The van der Waals surface area contributed by atoms with Gasteiger partial charge in [0, 0.05) is 38.7 Å². The van der Waals surface area contributed by atoms with Gasteiger partial charge in [0.2, 0.25) is 5.91 Å². The second-order valence-electron chi connectivity index (χ2n) is 6.68. The standard InChI is InChI=1S/C16H31N3O2.2ClH/c1-19(8-9-21-2)7-3-6-17-16(20)12-13-10-14-4-5-15(11-13)18-14;;/h13-15,18H,3-12H2,1-2H3,(H,17,20);2*1H. The summed E-state index contributed by atoms with van der Waals surface area (Å²) in [5.41, 5.74) is 0. The quantitative estimate of drug-likeness (QED) is 0.608. The lowest BCUT2D eigenvalue weighted by molar-refractivity contribution is -0.122. The summed E-state index contributed by atoms with van der Waals surface area (Å²) in [6.07, 6.45) is 6.69. The maximum absolute atomic E-state index is 12.0.